The molecule has 3 aliphatic rings. The van der Waals surface area contributed by atoms with Gasteiger partial charge in [0.15, 0.2) is 0 Å². The number of carbonyl (C=O) groups excluding carboxylic acids is 2. The predicted octanol–water partition coefficient (Wildman–Crippen LogP) is 3.69. The summed E-state index contributed by atoms with van der Waals surface area (Å²) in [4.78, 5) is 30.9. The Morgan fingerprint density at radius 3 is 2.72 bits per heavy atom. The monoisotopic (exact) mass is 433 g/mol. The minimum atomic E-state index is -0.222. The second-order valence-electron chi connectivity index (χ2n) is 9.11. The molecule has 3 amide bonds. The van der Waals surface area contributed by atoms with Gasteiger partial charge in [-0.05, 0) is 42.4 Å². The van der Waals surface area contributed by atoms with Gasteiger partial charge < -0.3 is 19.9 Å². The molecule has 3 aliphatic heterocycles. The Kier molecular flexibility index (Phi) is 5.87. The number of hydrogen-bond acceptors (Lipinski definition) is 3. The van der Waals surface area contributed by atoms with Crippen molar-refractivity contribution in [1.29, 1.82) is 0 Å². The summed E-state index contributed by atoms with van der Waals surface area (Å²) in [6.07, 6.45) is 3.44. The molecule has 168 valence electrons. The summed E-state index contributed by atoms with van der Waals surface area (Å²) in [6.45, 7) is 1.86. The number of likely N-dealkylation sites (tertiary alicyclic amines) is 1. The van der Waals surface area contributed by atoms with Crippen LogP contribution in [0.4, 0.5) is 4.79 Å². The summed E-state index contributed by atoms with van der Waals surface area (Å²) in [6, 6.07) is 18.0. The maximum atomic E-state index is 13.5. The van der Waals surface area contributed by atoms with Gasteiger partial charge in [0.1, 0.15) is 0 Å². The molecular formula is C26H31N3O3. The van der Waals surface area contributed by atoms with Crippen LogP contribution in [0.25, 0.3) is 0 Å². The molecule has 0 spiro atoms. The van der Waals surface area contributed by atoms with E-state index < -0.39 is 0 Å². The number of urea groups is 1. The first-order valence-corrected chi connectivity index (χ1v) is 11.7. The van der Waals surface area contributed by atoms with Gasteiger partial charge in [-0.1, -0.05) is 54.6 Å². The summed E-state index contributed by atoms with van der Waals surface area (Å²) in [7, 11) is 1.65. The SMILES string of the molecule is COC[C@H](NC(=O)N1CCC[C@H]2C(=O)N3CCc4ccccc4[C@H]3C[C@H]21)c1ccccc1. The van der Waals surface area contributed by atoms with Gasteiger partial charge in [-0.3, -0.25) is 4.79 Å². The highest BCUT2D eigenvalue weighted by Crippen LogP contribution is 2.43. The standard InChI is InChI=1S/C26H31N3O3/c1-32-17-22(19-9-3-2-4-10-19)27-26(31)29-14-7-12-21-24(29)16-23-20-11-6-5-8-18(20)13-15-28(23)25(21)30/h2-6,8-11,21-24H,7,12-17H2,1H3,(H,27,31)/t21-,22+,23-,24-/m1/s1. The molecule has 0 bridgehead atoms. The number of fused-ring (bicyclic) bond motifs is 4. The largest absolute Gasteiger partial charge is 0.382 e. The van der Waals surface area contributed by atoms with Gasteiger partial charge in [-0.15, -0.1) is 0 Å². The zero-order valence-corrected chi connectivity index (χ0v) is 18.6. The molecule has 2 saturated heterocycles. The van der Waals surface area contributed by atoms with E-state index in [-0.39, 0.29) is 36.0 Å². The lowest BCUT2D eigenvalue weighted by molar-refractivity contribution is -0.148. The van der Waals surface area contributed by atoms with Crippen LogP contribution in [0, 0.1) is 5.92 Å². The van der Waals surface area contributed by atoms with Crippen molar-refractivity contribution in [3.05, 3.63) is 71.3 Å². The van der Waals surface area contributed by atoms with Crippen molar-refractivity contribution >= 4 is 11.9 Å². The van der Waals surface area contributed by atoms with Crippen LogP contribution in [0.2, 0.25) is 0 Å². The molecule has 2 fully saturated rings. The number of methoxy groups -OCH3 is 1. The topological polar surface area (TPSA) is 61.9 Å². The number of nitrogens with zero attached hydrogens (tertiary/aromatic N) is 2. The Labute approximate surface area is 189 Å². The molecule has 32 heavy (non-hydrogen) atoms. The normalized spacial score (nSPS) is 25.4. The van der Waals surface area contributed by atoms with Gasteiger partial charge in [0.2, 0.25) is 5.91 Å². The van der Waals surface area contributed by atoms with Crippen molar-refractivity contribution in [2.45, 2.75) is 43.8 Å². The maximum absolute atomic E-state index is 13.5. The number of piperidine rings is 2. The van der Waals surface area contributed by atoms with Crippen LogP contribution in [0.1, 0.15) is 48.0 Å². The van der Waals surface area contributed by atoms with Crippen LogP contribution in [0.3, 0.4) is 0 Å². The molecule has 2 aromatic carbocycles. The molecule has 6 nitrogen and oxygen atoms in total. The number of nitrogens with one attached hydrogen (secondary N) is 1. The highest BCUT2D eigenvalue weighted by molar-refractivity contribution is 5.83. The first-order valence-electron chi connectivity index (χ1n) is 11.7. The van der Waals surface area contributed by atoms with Gasteiger partial charge in [0, 0.05) is 26.2 Å². The van der Waals surface area contributed by atoms with E-state index in [0.717, 1.165) is 37.8 Å². The molecule has 4 atom stereocenters. The fourth-order valence-corrected chi connectivity index (χ4v) is 5.81. The molecule has 6 heteroatoms. The van der Waals surface area contributed by atoms with Crippen LogP contribution in [-0.4, -0.2) is 54.6 Å². The molecular weight excluding hydrogens is 402 g/mol. The number of benzene rings is 2. The van der Waals surface area contributed by atoms with Crippen molar-refractivity contribution in [1.82, 2.24) is 15.1 Å². The third-order valence-corrected chi connectivity index (χ3v) is 7.35. The van der Waals surface area contributed by atoms with Crippen molar-refractivity contribution < 1.29 is 14.3 Å². The van der Waals surface area contributed by atoms with Crippen molar-refractivity contribution in [2.75, 3.05) is 26.8 Å². The summed E-state index contributed by atoms with van der Waals surface area (Å²) >= 11 is 0. The van der Waals surface area contributed by atoms with E-state index >= 15 is 0 Å². The molecule has 0 aromatic heterocycles. The van der Waals surface area contributed by atoms with E-state index in [1.54, 1.807) is 7.11 Å². The molecule has 3 heterocycles. The Balaban J connectivity index is 1.38. The average Bonchev–Trinajstić information content (AvgIpc) is 2.84. The van der Waals surface area contributed by atoms with Crippen molar-refractivity contribution in [3.63, 3.8) is 0 Å². The van der Waals surface area contributed by atoms with Gasteiger partial charge in [0.25, 0.3) is 0 Å². The average molecular weight is 434 g/mol. The lowest BCUT2D eigenvalue weighted by atomic mass is 9.76. The zero-order chi connectivity index (χ0) is 22.1. The summed E-state index contributed by atoms with van der Waals surface area (Å²) < 4.78 is 5.39. The van der Waals surface area contributed by atoms with Crippen LogP contribution in [0.5, 0.6) is 0 Å². The number of amides is 3. The second kappa shape index (κ2) is 8.94. The molecule has 2 aromatic rings. The first kappa shape index (κ1) is 21.0. The lowest BCUT2D eigenvalue weighted by Crippen LogP contribution is -2.61. The number of hydrogen-bond donors (Lipinski definition) is 1. The predicted molar refractivity (Wildman–Crippen MR) is 122 cm³/mol. The Hall–Kier alpha value is -2.86. The fourth-order valence-electron chi connectivity index (χ4n) is 5.81. The van der Waals surface area contributed by atoms with Crippen LogP contribution >= 0.6 is 0 Å². The van der Waals surface area contributed by atoms with E-state index in [1.165, 1.54) is 11.1 Å². The molecule has 1 N–H and O–H groups in total. The third kappa shape index (κ3) is 3.77. The summed E-state index contributed by atoms with van der Waals surface area (Å²) in [5, 5.41) is 3.18. The zero-order valence-electron chi connectivity index (χ0n) is 18.6. The fraction of sp³-hybridized carbons (Fsp3) is 0.462. The highest BCUT2D eigenvalue weighted by atomic mass is 16.5. The van der Waals surface area contributed by atoms with Crippen LogP contribution < -0.4 is 5.32 Å². The van der Waals surface area contributed by atoms with Crippen molar-refractivity contribution in [3.8, 4) is 0 Å². The number of ether oxygens (including phenoxy) is 1. The molecule has 0 aliphatic carbocycles. The summed E-state index contributed by atoms with van der Waals surface area (Å²) in [5.41, 5.74) is 3.59. The lowest BCUT2D eigenvalue weighted by Gasteiger charge is -2.51. The first-order chi connectivity index (χ1) is 15.7. The third-order valence-electron chi connectivity index (χ3n) is 7.35. The van der Waals surface area contributed by atoms with Crippen molar-refractivity contribution in [2.24, 2.45) is 5.92 Å². The van der Waals surface area contributed by atoms with Gasteiger partial charge in [-0.25, -0.2) is 4.79 Å². The Morgan fingerprint density at radius 2 is 1.91 bits per heavy atom. The Morgan fingerprint density at radius 1 is 1.12 bits per heavy atom. The second-order valence-corrected chi connectivity index (χ2v) is 9.11. The maximum Gasteiger partial charge on any atom is 0.318 e. The van der Waals surface area contributed by atoms with Gasteiger partial charge in [-0.2, -0.15) is 0 Å². The number of carbonyl (C=O) groups is 2. The van der Waals surface area contributed by atoms with Crippen LogP contribution in [-0.2, 0) is 16.0 Å². The van der Waals surface area contributed by atoms with E-state index in [1.807, 2.05) is 35.2 Å². The van der Waals surface area contributed by atoms with Gasteiger partial charge in [0.05, 0.1) is 24.6 Å². The number of rotatable bonds is 4. The summed E-state index contributed by atoms with van der Waals surface area (Å²) in [5.74, 6) is 0.114. The highest BCUT2D eigenvalue weighted by Gasteiger charge is 2.48. The smallest absolute Gasteiger partial charge is 0.318 e. The van der Waals surface area contributed by atoms with E-state index in [9.17, 15) is 9.59 Å². The molecule has 0 saturated carbocycles. The minimum Gasteiger partial charge on any atom is -0.382 e. The molecule has 5 rings (SSSR count). The molecule has 0 radical (unpaired) electrons. The molecule has 0 unspecified atom stereocenters. The Bertz CT molecular complexity index is 979. The quantitative estimate of drug-likeness (QED) is 0.800. The minimum absolute atomic E-state index is 0.0611. The van der Waals surface area contributed by atoms with Crippen LogP contribution in [0.15, 0.2) is 54.6 Å². The van der Waals surface area contributed by atoms with E-state index in [2.05, 4.69) is 34.5 Å². The van der Waals surface area contributed by atoms with E-state index in [4.69, 9.17) is 4.74 Å². The van der Waals surface area contributed by atoms with Gasteiger partial charge >= 0.3 is 6.03 Å². The van der Waals surface area contributed by atoms with E-state index in [0.29, 0.717) is 13.2 Å².